The molecule has 0 aromatic heterocycles. The van der Waals surface area contributed by atoms with Gasteiger partial charge in [0.15, 0.2) is 11.4 Å². The average Bonchev–Trinajstić information content (AvgIpc) is 2.52. The molecule has 0 aliphatic heterocycles. The van der Waals surface area contributed by atoms with Crippen molar-refractivity contribution in [2.75, 3.05) is 0 Å². The van der Waals surface area contributed by atoms with Gasteiger partial charge in [-0.3, -0.25) is 0 Å². The molecule has 0 atom stereocenters. The molecule has 0 aliphatic rings. The van der Waals surface area contributed by atoms with Crippen molar-refractivity contribution in [1.29, 1.82) is 0 Å². The molecule has 2 aromatic rings. The van der Waals surface area contributed by atoms with E-state index in [2.05, 4.69) is 17.2 Å². The second-order valence-electron chi connectivity index (χ2n) is 5.24. The van der Waals surface area contributed by atoms with Crippen LogP contribution in [0.5, 0.6) is 23.0 Å². The van der Waals surface area contributed by atoms with E-state index in [-0.39, 0.29) is 34.4 Å². The number of hydrogen-bond acceptors (Lipinski definition) is 6. The average molecular weight is 316 g/mol. The van der Waals surface area contributed by atoms with Crippen molar-refractivity contribution >= 4 is 11.4 Å². The van der Waals surface area contributed by atoms with Gasteiger partial charge in [-0.2, -0.15) is 0 Å². The van der Waals surface area contributed by atoms with Gasteiger partial charge in [-0.25, -0.2) is 0 Å². The molecule has 0 saturated carbocycles. The maximum Gasteiger partial charge on any atom is 0.169 e. The molecule has 0 aliphatic carbocycles. The van der Waals surface area contributed by atoms with Gasteiger partial charge in [-0.1, -0.05) is 31.9 Å². The van der Waals surface area contributed by atoms with E-state index in [1.165, 1.54) is 24.3 Å². The van der Waals surface area contributed by atoms with Gasteiger partial charge in [0, 0.05) is 0 Å². The molecule has 0 heterocycles. The molecule has 0 unspecified atom stereocenters. The molecule has 2 aromatic carbocycles. The topological polar surface area (TPSA) is 106 Å². The summed E-state index contributed by atoms with van der Waals surface area (Å²) in [6, 6.07) is 7.27. The fourth-order valence-corrected chi connectivity index (χ4v) is 2.20. The lowest BCUT2D eigenvalue weighted by atomic mass is 10.0. The monoisotopic (exact) mass is 316 g/mol. The van der Waals surface area contributed by atoms with Crippen LogP contribution in [0.4, 0.5) is 11.4 Å². The van der Waals surface area contributed by atoms with Gasteiger partial charge >= 0.3 is 0 Å². The molecule has 6 nitrogen and oxygen atoms in total. The third-order valence-electron chi connectivity index (χ3n) is 3.51. The van der Waals surface area contributed by atoms with Crippen LogP contribution in [0.1, 0.15) is 31.7 Å². The van der Waals surface area contributed by atoms with E-state index in [1.807, 2.05) is 0 Å². The lowest BCUT2D eigenvalue weighted by Crippen LogP contribution is -1.87. The third-order valence-corrected chi connectivity index (χ3v) is 3.51. The number of rotatable bonds is 6. The van der Waals surface area contributed by atoms with E-state index in [9.17, 15) is 20.4 Å². The number of aryl methyl sites for hydroxylation is 1. The number of unbranched alkanes of at least 4 members (excludes halogenated alkanes) is 2. The molecular weight excluding hydrogens is 296 g/mol. The first kappa shape index (κ1) is 16.6. The van der Waals surface area contributed by atoms with Crippen LogP contribution >= 0.6 is 0 Å². The van der Waals surface area contributed by atoms with Crippen molar-refractivity contribution in [3.05, 3.63) is 35.9 Å². The van der Waals surface area contributed by atoms with E-state index >= 15 is 0 Å². The molecule has 122 valence electrons. The number of aromatic hydroxyl groups is 4. The largest absolute Gasteiger partial charge is 0.505 e. The number of hydrogen-bond donors (Lipinski definition) is 4. The van der Waals surface area contributed by atoms with Gasteiger partial charge in [-0.15, -0.1) is 10.2 Å². The van der Waals surface area contributed by atoms with Gasteiger partial charge in [0.25, 0.3) is 0 Å². The molecule has 0 radical (unpaired) electrons. The molecule has 4 N–H and O–H groups in total. The van der Waals surface area contributed by atoms with Crippen LogP contribution in [0.25, 0.3) is 0 Å². The standard InChI is InChI=1S/C17H20N2O4/c1-2-3-4-6-11-9-10-14(22)16(17(11)23)19-18-15-12(20)7-5-8-13(15)21/h5,7-10,20-23H,2-4,6H2,1H3. The molecule has 2 rings (SSSR count). The molecular formula is C17H20N2O4. The van der Waals surface area contributed by atoms with Crippen molar-refractivity contribution in [2.45, 2.75) is 32.6 Å². The molecule has 0 fully saturated rings. The number of azo groups is 1. The molecule has 0 bridgehead atoms. The molecule has 23 heavy (non-hydrogen) atoms. The summed E-state index contributed by atoms with van der Waals surface area (Å²) in [5.74, 6) is -0.848. The Morgan fingerprint density at radius 3 is 2.04 bits per heavy atom. The highest BCUT2D eigenvalue weighted by Gasteiger charge is 2.13. The van der Waals surface area contributed by atoms with Crippen LogP contribution in [-0.2, 0) is 6.42 Å². The summed E-state index contributed by atoms with van der Waals surface area (Å²) in [6.45, 7) is 2.09. The van der Waals surface area contributed by atoms with Crippen LogP contribution in [0.2, 0.25) is 0 Å². The zero-order valence-corrected chi connectivity index (χ0v) is 12.9. The van der Waals surface area contributed by atoms with Crippen molar-refractivity contribution in [3.8, 4) is 23.0 Å². The molecule has 0 amide bonds. The fraction of sp³-hybridized carbons (Fsp3) is 0.294. The van der Waals surface area contributed by atoms with Gasteiger partial charge in [0.05, 0.1) is 0 Å². The lowest BCUT2D eigenvalue weighted by Gasteiger charge is -2.08. The number of benzene rings is 2. The smallest absolute Gasteiger partial charge is 0.169 e. The summed E-state index contributed by atoms with van der Waals surface area (Å²) in [6.07, 6.45) is 3.71. The predicted octanol–water partition coefficient (Wildman–Crippen LogP) is 4.66. The van der Waals surface area contributed by atoms with Crippen molar-refractivity contribution in [2.24, 2.45) is 10.2 Å². The first-order valence-electron chi connectivity index (χ1n) is 7.51. The minimum absolute atomic E-state index is 0.0818. The second-order valence-corrected chi connectivity index (χ2v) is 5.24. The van der Waals surface area contributed by atoms with E-state index < -0.39 is 0 Å². The van der Waals surface area contributed by atoms with E-state index in [0.29, 0.717) is 12.0 Å². The van der Waals surface area contributed by atoms with Gasteiger partial charge in [0.2, 0.25) is 0 Å². The van der Waals surface area contributed by atoms with Crippen LogP contribution < -0.4 is 0 Å². The van der Waals surface area contributed by atoms with Crippen LogP contribution in [-0.4, -0.2) is 20.4 Å². The first-order chi connectivity index (χ1) is 11.0. The number of phenols is 4. The maximum absolute atomic E-state index is 10.2. The van der Waals surface area contributed by atoms with Crippen LogP contribution in [0, 0.1) is 0 Å². The Kier molecular flexibility index (Phi) is 5.41. The number of phenolic OH excluding ortho intramolecular Hbond substituents is 4. The normalized spacial score (nSPS) is 11.2. The third kappa shape index (κ3) is 3.91. The summed E-state index contributed by atoms with van der Waals surface area (Å²) in [5.41, 5.74) is 0.469. The minimum Gasteiger partial charge on any atom is -0.505 e. The highest BCUT2D eigenvalue weighted by Crippen LogP contribution is 2.42. The lowest BCUT2D eigenvalue weighted by molar-refractivity contribution is 0.444. The highest BCUT2D eigenvalue weighted by molar-refractivity contribution is 5.65. The van der Waals surface area contributed by atoms with E-state index in [0.717, 1.165) is 19.3 Å². The SMILES string of the molecule is CCCCCc1ccc(O)c(N=Nc2c(O)cccc2O)c1O. The Balaban J connectivity index is 2.32. The zero-order valence-electron chi connectivity index (χ0n) is 12.9. The maximum atomic E-state index is 10.2. The van der Waals surface area contributed by atoms with E-state index in [4.69, 9.17) is 0 Å². The van der Waals surface area contributed by atoms with Gasteiger partial charge in [-0.05, 0) is 36.6 Å². The summed E-state index contributed by atoms with van der Waals surface area (Å²) in [4.78, 5) is 0. The molecule has 0 spiro atoms. The van der Waals surface area contributed by atoms with Crippen LogP contribution in [0.3, 0.4) is 0 Å². The Morgan fingerprint density at radius 1 is 0.783 bits per heavy atom. The van der Waals surface area contributed by atoms with Crippen molar-refractivity contribution < 1.29 is 20.4 Å². The predicted molar refractivity (Wildman–Crippen MR) is 86.9 cm³/mol. The summed E-state index contributed by atoms with van der Waals surface area (Å²) >= 11 is 0. The molecule has 6 heteroatoms. The Morgan fingerprint density at radius 2 is 1.39 bits per heavy atom. The van der Waals surface area contributed by atoms with Gasteiger partial charge < -0.3 is 20.4 Å². The van der Waals surface area contributed by atoms with Crippen LogP contribution in [0.15, 0.2) is 40.6 Å². The van der Waals surface area contributed by atoms with Crippen molar-refractivity contribution in [3.63, 3.8) is 0 Å². The molecule has 0 saturated heterocycles. The zero-order chi connectivity index (χ0) is 16.8. The van der Waals surface area contributed by atoms with Crippen molar-refractivity contribution in [1.82, 2.24) is 0 Å². The summed E-state index contributed by atoms with van der Waals surface area (Å²) in [5, 5.41) is 47.0. The fourth-order valence-electron chi connectivity index (χ4n) is 2.20. The minimum atomic E-state index is -0.244. The quantitative estimate of drug-likeness (QED) is 0.459. The number of nitrogens with zero attached hydrogens (tertiary/aromatic N) is 2. The Bertz CT molecular complexity index is 694. The Hall–Kier alpha value is -2.76. The summed E-state index contributed by atoms with van der Waals surface area (Å²) < 4.78 is 0. The summed E-state index contributed by atoms with van der Waals surface area (Å²) in [7, 11) is 0. The second kappa shape index (κ2) is 7.49. The highest BCUT2D eigenvalue weighted by atomic mass is 16.3. The van der Waals surface area contributed by atoms with Gasteiger partial charge in [0.1, 0.15) is 23.0 Å². The van der Waals surface area contributed by atoms with E-state index in [1.54, 1.807) is 6.07 Å². The first-order valence-corrected chi connectivity index (χ1v) is 7.51. The Labute approximate surface area is 134 Å².